The van der Waals surface area contributed by atoms with Gasteiger partial charge in [0.1, 0.15) is 5.75 Å². The second-order valence-electron chi connectivity index (χ2n) is 6.18. The second-order valence-corrected chi connectivity index (χ2v) is 6.18. The molecule has 0 unspecified atom stereocenters. The van der Waals surface area contributed by atoms with Crippen LogP contribution in [0.15, 0.2) is 48.5 Å². The van der Waals surface area contributed by atoms with E-state index in [4.69, 9.17) is 9.47 Å². The minimum absolute atomic E-state index is 0.0260. The number of hydrogen-bond acceptors (Lipinski definition) is 4. The number of anilines is 1. The summed E-state index contributed by atoms with van der Waals surface area (Å²) in [5.41, 5.74) is 1.52. The fourth-order valence-electron chi connectivity index (χ4n) is 2.29. The molecular formula is C21H25NO4. The molecular weight excluding hydrogens is 330 g/mol. The summed E-state index contributed by atoms with van der Waals surface area (Å²) in [5.74, 6) is -0.0809. The quantitative estimate of drug-likeness (QED) is 0.551. The van der Waals surface area contributed by atoms with E-state index in [1.807, 2.05) is 26.8 Å². The number of amides is 1. The SMILES string of the molecule is CCCCOC(=O)c1ccc(NC(=O)c2ccccc2OC(C)C)cc1. The van der Waals surface area contributed by atoms with Crippen LogP contribution >= 0.6 is 0 Å². The first-order valence-corrected chi connectivity index (χ1v) is 8.85. The van der Waals surface area contributed by atoms with Crippen molar-refractivity contribution in [3.63, 3.8) is 0 Å². The monoisotopic (exact) mass is 355 g/mol. The highest BCUT2D eigenvalue weighted by Gasteiger charge is 2.14. The van der Waals surface area contributed by atoms with Crippen molar-refractivity contribution in [2.45, 2.75) is 39.7 Å². The van der Waals surface area contributed by atoms with Gasteiger partial charge in [0.2, 0.25) is 0 Å². The zero-order valence-corrected chi connectivity index (χ0v) is 15.5. The molecule has 0 aliphatic heterocycles. The van der Waals surface area contributed by atoms with Crippen LogP contribution in [0.25, 0.3) is 0 Å². The minimum atomic E-state index is -0.355. The van der Waals surface area contributed by atoms with E-state index < -0.39 is 0 Å². The van der Waals surface area contributed by atoms with Gasteiger partial charge in [0, 0.05) is 5.69 Å². The van der Waals surface area contributed by atoms with Crippen LogP contribution in [-0.2, 0) is 4.74 Å². The van der Waals surface area contributed by atoms with Gasteiger partial charge in [-0.15, -0.1) is 0 Å². The molecule has 0 saturated heterocycles. The summed E-state index contributed by atoms with van der Waals surface area (Å²) in [6.07, 6.45) is 1.79. The normalized spacial score (nSPS) is 10.5. The van der Waals surface area contributed by atoms with Crippen LogP contribution in [-0.4, -0.2) is 24.6 Å². The topological polar surface area (TPSA) is 64.6 Å². The molecule has 0 radical (unpaired) electrons. The summed E-state index contributed by atoms with van der Waals surface area (Å²) in [5, 5.41) is 2.82. The molecule has 138 valence electrons. The maximum atomic E-state index is 12.5. The van der Waals surface area contributed by atoms with Gasteiger partial charge in [0.25, 0.3) is 5.91 Å². The number of nitrogens with one attached hydrogen (secondary N) is 1. The number of carbonyl (C=O) groups excluding carboxylic acids is 2. The van der Waals surface area contributed by atoms with Gasteiger partial charge in [-0.05, 0) is 56.7 Å². The molecule has 2 aromatic carbocycles. The van der Waals surface area contributed by atoms with Crippen LogP contribution < -0.4 is 10.1 Å². The maximum Gasteiger partial charge on any atom is 0.338 e. The molecule has 0 saturated carbocycles. The van der Waals surface area contributed by atoms with Gasteiger partial charge in [-0.1, -0.05) is 25.5 Å². The van der Waals surface area contributed by atoms with Gasteiger partial charge in [-0.3, -0.25) is 4.79 Å². The number of carbonyl (C=O) groups is 2. The van der Waals surface area contributed by atoms with E-state index in [2.05, 4.69) is 5.32 Å². The molecule has 0 atom stereocenters. The summed E-state index contributed by atoms with van der Waals surface area (Å²) >= 11 is 0. The Labute approximate surface area is 154 Å². The van der Waals surface area contributed by atoms with Crippen molar-refractivity contribution < 1.29 is 19.1 Å². The molecule has 0 aliphatic carbocycles. The Hall–Kier alpha value is -2.82. The highest BCUT2D eigenvalue weighted by atomic mass is 16.5. The van der Waals surface area contributed by atoms with Gasteiger partial charge < -0.3 is 14.8 Å². The predicted molar refractivity (Wildman–Crippen MR) is 102 cm³/mol. The lowest BCUT2D eigenvalue weighted by Gasteiger charge is -2.14. The lowest BCUT2D eigenvalue weighted by atomic mass is 10.1. The van der Waals surface area contributed by atoms with Gasteiger partial charge in [-0.2, -0.15) is 0 Å². The van der Waals surface area contributed by atoms with E-state index in [9.17, 15) is 9.59 Å². The van der Waals surface area contributed by atoms with Crippen LogP contribution in [0.1, 0.15) is 54.3 Å². The van der Waals surface area contributed by atoms with Crippen molar-refractivity contribution in [3.05, 3.63) is 59.7 Å². The van der Waals surface area contributed by atoms with Crippen LogP contribution in [0.2, 0.25) is 0 Å². The first kappa shape index (κ1) is 19.5. The zero-order valence-electron chi connectivity index (χ0n) is 15.5. The zero-order chi connectivity index (χ0) is 18.9. The number of ether oxygens (including phenoxy) is 2. The molecule has 5 heteroatoms. The molecule has 0 spiro atoms. The number of benzene rings is 2. The average molecular weight is 355 g/mol. The smallest absolute Gasteiger partial charge is 0.338 e. The molecule has 0 fully saturated rings. The first-order valence-electron chi connectivity index (χ1n) is 8.85. The molecule has 1 N–H and O–H groups in total. The van der Waals surface area contributed by atoms with E-state index in [0.717, 1.165) is 12.8 Å². The average Bonchev–Trinajstić information content (AvgIpc) is 2.62. The lowest BCUT2D eigenvalue weighted by molar-refractivity contribution is 0.0499. The molecule has 0 aliphatic rings. The first-order chi connectivity index (χ1) is 12.5. The summed E-state index contributed by atoms with van der Waals surface area (Å²) in [6, 6.07) is 13.7. The third-order valence-corrected chi connectivity index (χ3v) is 3.60. The summed E-state index contributed by atoms with van der Waals surface area (Å²) in [7, 11) is 0. The molecule has 0 aromatic heterocycles. The molecule has 2 aromatic rings. The Morgan fingerprint density at radius 3 is 2.38 bits per heavy atom. The van der Waals surface area contributed by atoms with Crippen molar-refractivity contribution in [2.75, 3.05) is 11.9 Å². The second kappa shape index (κ2) is 9.61. The van der Waals surface area contributed by atoms with E-state index in [-0.39, 0.29) is 18.0 Å². The Morgan fingerprint density at radius 2 is 1.73 bits per heavy atom. The lowest BCUT2D eigenvalue weighted by Crippen LogP contribution is -2.15. The van der Waals surface area contributed by atoms with Crippen LogP contribution in [0.5, 0.6) is 5.75 Å². The highest BCUT2D eigenvalue weighted by Crippen LogP contribution is 2.21. The molecule has 1 amide bonds. The Kier molecular flexibility index (Phi) is 7.21. The maximum absolute atomic E-state index is 12.5. The predicted octanol–water partition coefficient (Wildman–Crippen LogP) is 4.68. The van der Waals surface area contributed by atoms with Gasteiger partial charge >= 0.3 is 5.97 Å². The van der Waals surface area contributed by atoms with Gasteiger partial charge in [-0.25, -0.2) is 4.79 Å². The van der Waals surface area contributed by atoms with E-state index in [1.54, 1.807) is 42.5 Å². The molecule has 5 nitrogen and oxygen atoms in total. The summed E-state index contributed by atoms with van der Waals surface area (Å²) in [6.45, 7) is 6.27. The van der Waals surface area contributed by atoms with Crippen LogP contribution in [0, 0.1) is 0 Å². The van der Waals surface area contributed by atoms with E-state index in [1.165, 1.54) is 0 Å². The van der Waals surface area contributed by atoms with Gasteiger partial charge in [0.15, 0.2) is 0 Å². The number of hydrogen-bond donors (Lipinski definition) is 1. The Bertz CT molecular complexity index is 738. The fraction of sp³-hybridized carbons (Fsp3) is 0.333. The highest BCUT2D eigenvalue weighted by molar-refractivity contribution is 6.06. The number of para-hydroxylation sites is 1. The third kappa shape index (κ3) is 5.62. The Balaban J connectivity index is 2.03. The largest absolute Gasteiger partial charge is 0.490 e. The molecule has 0 heterocycles. The van der Waals surface area contributed by atoms with Crippen molar-refractivity contribution in [1.82, 2.24) is 0 Å². The third-order valence-electron chi connectivity index (χ3n) is 3.60. The van der Waals surface area contributed by atoms with Crippen LogP contribution in [0.4, 0.5) is 5.69 Å². The van der Waals surface area contributed by atoms with Crippen molar-refractivity contribution >= 4 is 17.6 Å². The standard InChI is InChI=1S/C21H25NO4/c1-4-5-14-25-21(24)16-10-12-17(13-11-16)22-20(23)18-8-6-7-9-19(18)26-15(2)3/h6-13,15H,4-5,14H2,1-3H3,(H,22,23). The van der Waals surface area contributed by atoms with E-state index in [0.29, 0.717) is 29.2 Å². The summed E-state index contributed by atoms with van der Waals surface area (Å²) < 4.78 is 10.8. The minimum Gasteiger partial charge on any atom is -0.490 e. The number of esters is 1. The molecule has 26 heavy (non-hydrogen) atoms. The fourth-order valence-corrected chi connectivity index (χ4v) is 2.29. The van der Waals surface area contributed by atoms with Crippen molar-refractivity contribution in [3.8, 4) is 5.75 Å². The van der Waals surface area contributed by atoms with Crippen LogP contribution in [0.3, 0.4) is 0 Å². The number of rotatable bonds is 8. The molecule has 0 bridgehead atoms. The van der Waals surface area contributed by atoms with Crippen molar-refractivity contribution in [1.29, 1.82) is 0 Å². The Morgan fingerprint density at radius 1 is 1.04 bits per heavy atom. The van der Waals surface area contributed by atoms with Crippen molar-refractivity contribution in [2.24, 2.45) is 0 Å². The number of unbranched alkanes of at least 4 members (excludes halogenated alkanes) is 1. The van der Waals surface area contributed by atoms with Gasteiger partial charge in [0.05, 0.1) is 23.8 Å². The molecule has 2 rings (SSSR count). The van der Waals surface area contributed by atoms with E-state index >= 15 is 0 Å². The summed E-state index contributed by atoms with van der Waals surface area (Å²) in [4.78, 5) is 24.4.